The van der Waals surface area contributed by atoms with Gasteiger partial charge in [-0.05, 0) is 31.5 Å². The Morgan fingerprint density at radius 2 is 1.94 bits per heavy atom. The first-order chi connectivity index (χ1) is 8.52. The number of halogens is 1. The molecule has 0 atom stereocenters. The van der Waals surface area contributed by atoms with E-state index >= 15 is 0 Å². The Morgan fingerprint density at radius 3 is 2.44 bits per heavy atom. The first kappa shape index (κ1) is 14.6. The van der Waals surface area contributed by atoms with E-state index < -0.39 is 5.41 Å². The number of carbonyl (C=O) groups is 1. The molecule has 2 nitrogen and oxygen atoms in total. The molecule has 0 saturated heterocycles. The summed E-state index contributed by atoms with van der Waals surface area (Å²) in [6, 6.07) is 7.62. The zero-order valence-electron chi connectivity index (χ0n) is 10.9. The van der Waals surface area contributed by atoms with Crippen LogP contribution in [-0.2, 0) is 14.9 Å². The second kappa shape index (κ2) is 6.47. The Morgan fingerprint density at radius 1 is 1.33 bits per heavy atom. The summed E-state index contributed by atoms with van der Waals surface area (Å²) in [4.78, 5) is 11.7. The average Bonchev–Trinajstić information content (AvgIpc) is 2.38. The van der Waals surface area contributed by atoms with Gasteiger partial charge < -0.3 is 4.74 Å². The summed E-state index contributed by atoms with van der Waals surface area (Å²) in [5.41, 5.74) is 1.19. The highest BCUT2D eigenvalue weighted by atomic mass is 35.5. The molecular formula is C15H17ClO2. The molecule has 1 aromatic carbocycles. The third-order valence-corrected chi connectivity index (χ3v) is 2.94. The van der Waals surface area contributed by atoms with Crippen LogP contribution in [0.4, 0.5) is 0 Å². The van der Waals surface area contributed by atoms with Crippen molar-refractivity contribution in [3.63, 3.8) is 0 Å². The topological polar surface area (TPSA) is 26.3 Å². The van der Waals surface area contributed by atoms with Gasteiger partial charge >= 0.3 is 5.97 Å². The zero-order chi connectivity index (χ0) is 13.6. The van der Waals surface area contributed by atoms with E-state index in [1.54, 1.807) is 0 Å². The van der Waals surface area contributed by atoms with Crippen LogP contribution in [0.15, 0.2) is 24.3 Å². The predicted molar refractivity (Wildman–Crippen MR) is 73.7 cm³/mol. The fourth-order valence-corrected chi connectivity index (χ4v) is 1.65. The summed E-state index contributed by atoms with van der Waals surface area (Å²) in [7, 11) is 1.40. The molecule has 0 aliphatic carbocycles. The Bertz CT molecular complexity index is 464. The van der Waals surface area contributed by atoms with Crippen molar-refractivity contribution in [3.8, 4) is 11.8 Å². The first-order valence-corrected chi connectivity index (χ1v) is 6.29. The largest absolute Gasteiger partial charge is 0.468 e. The summed E-state index contributed by atoms with van der Waals surface area (Å²) in [5.74, 6) is 6.28. The van der Waals surface area contributed by atoms with Crippen LogP contribution in [0.1, 0.15) is 31.4 Å². The van der Waals surface area contributed by atoms with Crippen LogP contribution in [0, 0.1) is 11.8 Å². The lowest BCUT2D eigenvalue weighted by Gasteiger charge is -2.21. The number of carbonyl (C=O) groups excluding carboxylic acids is 1. The van der Waals surface area contributed by atoms with Gasteiger partial charge in [-0.3, -0.25) is 4.79 Å². The number of hydrogen-bond acceptors (Lipinski definition) is 2. The maximum atomic E-state index is 11.7. The molecule has 0 aliphatic rings. The fourth-order valence-electron chi connectivity index (χ4n) is 1.56. The van der Waals surface area contributed by atoms with Crippen molar-refractivity contribution in [2.75, 3.05) is 13.0 Å². The Balaban J connectivity index is 2.90. The van der Waals surface area contributed by atoms with E-state index in [0.717, 1.165) is 11.1 Å². The van der Waals surface area contributed by atoms with Crippen molar-refractivity contribution in [1.29, 1.82) is 0 Å². The highest BCUT2D eigenvalue weighted by Crippen LogP contribution is 2.24. The monoisotopic (exact) mass is 264 g/mol. The van der Waals surface area contributed by atoms with Crippen LogP contribution in [0.3, 0.4) is 0 Å². The summed E-state index contributed by atoms with van der Waals surface area (Å²) in [6.45, 7) is 3.68. The molecule has 96 valence electrons. The van der Waals surface area contributed by atoms with E-state index in [1.807, 2.05) is 38.1 Å². The Labute approximate surface area is 113 Å². The molecule has 0 radical (unpaired) electrons. The van der Waals surface area contributed by atoms with Crippen LogP contribution in [-0.4, -0.2) is 19.0 Å². The van der Waals surface area contributed by atoms with Gasteiger partial charge in [0.2, 0.25) is 0 Å². The molecule has 0 unspecified atom stereocenters. The minimum absolute atomic E-state index is 0.247. The van der Waals surface area contributed by atoms with Crippen LogP contribution in [0.25, 0.3) is 0 Å². The fraction of sp³-hybridized carbons (Fsp3) is 0.400. The van der Waals surface area contributed by atoms with E-state index in [-0.39, 0.29) is 5.97 Å². The molecule has 3 heteroatoms. The smallest absolute Gasteiger partial charge is 0.315 e. The number of rotatable bonds is 3. The third kappa shape index (κ3) is 3.51. The lowest BCUT2D eigenvalue weighted by Crippen LogP contribution is -2.30. The number of benzene rings is 1. The minimum atomic E-state index is -0.642. The maximum absolute atomic E-state index is 11.7. The summed E-state index contributed by atoms with van der Waals surface area (Å²) in [6.07, 6.45) is 0.678. The number of alkyl halides is 1. The number of ether oxygens (including phenoxy) is 1. The normalized spacial score (nSPS) is 10.4. The predicted octanol–water partition coefficient (Wildman–Crippen LogP) is 3.12. The Hall–Kier alpha value is -1.46. The number of hydrogen-bond donors (Lipinski definition) is 0. The molecule has 0 amide bonds. The molecule has 0 N–H and O–H groups in total. The van der Waals surface area contributed by atoms with Gasteiger partial charge in [-0.1, -0.05) is 24.0 Å². The SMILES string of the molecule is COC(=O)C(C)(C)c1ccc(C#CCCCl)cc1. The summed E-state index contributed by atoms with van der Waals surface area (Å²) in [5, 5.41) is 0. The second-order valence-corrected chi connectivity index (χ2v) is 4.81. The molecule has 18 heavy (non-hydrogen) atoms. The molecule has 0 spiro atoms. The van der Waals surface area contributed by atoms with Gasteiger partial charge in [-0.25, -0.2) is 0 Å². The van der Waals surface area contributed by atoms with Crippen LogP contribution in [0.5, 0.6) is 0 Å². The molecule has 0 aromatic heterocycles. The molecular weight excluding hydrogens is 248 g/mol. The van der Waals surface area contributed by atoms with Crippen molar-refractivity contribution in [3.05, 3.63) is 35.4 Å². The van der Waals surface area contributed by atoms with Gasteiger partial charge in [-0.2, -0.15) is 0 Å². The lowest BCUT2D eigenvalue weighted by molar-refractivity contribution is -0.146. The average molecular weight is 265 g/mol. The highest BCUT2D eigenvalue weighted by molar-refractivity contribution is 6.18. The standard InChI is InChI=1S/C15H17ClO2/c1-15(2,14(17)18-3)13-9-7-12(8-10-13)6-4-5-11-16/h7-10H,5,11H2,1-3H3. The Kier molecular flexibility index (Phi) is 5.25. The van der Waals surface area contributed by atoms with Crippen LogP contribution < -0.4 is 0 Å². The van der Waals surface area contributed by atoms with Gasteiger partial charge in [0.1, 0.15) is 0 Å². The third-order valence-electron chi connectivity index (χ3n) is 2.75. The van der Waals surface area contributed by atoms with Gasteiger partial charge in [0.15, 0.2) is 0 Å². The van der Waals surface area contributed by atoms with E-state index in [9.17, 15) is 4.79 Å². The lowest BCUT2D eigenvalue weighted by atomic mass is 9.84. The second-order valence-electron chi connectivity index (χ2n) is 4.43. The van der Waals surface area contributed by atoms with E-state index in [1.165, 1.54) is 7.11 Å². The molecule has 1 rings (SSSR count). The van der Waals surface area contributed by atoms with Gasteiger partial charge in [0.05, 0.1) is 12.5 Å². The molecule has 0 bridgehead atoms. The number of methoxy groups -OCH3 is 1. The van der Waals surface area contributed by atoms with Crippen molar-refractivity contribution in [2.24, 2.45) is 0 Å². The summed E-state index contributed by atoms with van der Waals surface area (Å²) >= 11 is 5.55. The van der Waals surface area contributed by atoms with Gasteiger partial charge in [-0.15, -0.1) is 11.6 Å². The van der Waals surface area contributed by atoms with E-state index in [4.69, 9.17) is 16.3 Å². The molecule has 0 saturated carbocycles. The molecule has 0 fully saturated rings. The van der Waals surface area contributed by atoms with E-state index in [0.29, 0.717) is 12.3 Å². The summed E-state index contributed by atoms with van der Waals surface area (Å²) < 4.78 is 4.80. The molecule has 0 heterocycles. The zero-order valence-corrected chi connectivity index (χ0v) is 11.7. The molecule has 0 aliphatic heterocycles. The van der Waals surface area contributed by atoms with Crippen molar-refractivity contribution in [2.45, 2.75) is 25.7 Å². The first-order valence-electron chi connectivity index (χ1n) is 5.76. The quantitative estimate of drug-likeness (QED) is 0.476. The van der Waals surface area contributed by atoms with Crippen molar-refractivity contribution >= 4 is 17.6 Å². The van der Waals surface area contributed by atoms with Crippen LogP contribution >= 0.6 is 11.6 Å². The van der Waals surface area contributed by atoms with Gasteiger partial charge in [0.25, 0.3) is 0 Å². The van der Waals surface area contributed by atoms with Crippen molar-refractivity contribution < 1.29 is 9.53 Å². The van der Waals surface area contributed by atoms with Crippen molar-refractivity contribution in [1.82, 2.24) is 0 Å². The van der Waals surface area contributed by atoms with Crippen LogP contribution in [0.2, 0.25) is 0 Å². The van der Waals surface area contributed by atoms with Gasteiger partial charge in [0, 0.05) is 17.9 Å². The maximum Gasteiger partial charge on any atom is 0.315 e. The number of esters is 1. The van der Waals surface area contributed by atoms with E-state index in [2.05, 4.69) is 11.8 Å². The highest BCUT2D eigenvalue weighted by Gasteiger charge is 2.30. The minimum Gasteiger partial charge on any atom is -0.468 e. The molecule has 1 aromatic rings.